The highest BCUT2D eigenvalue weighted by molar-refractivity contribution is 7.25. The molecule has 0 saturated carbocycles. The number of hydrogen-bond acceptors (Lipinski definition) is 2. The number of anilines is 3. The minimum atomic E-state index is -0.101. The molecule has 0 bridgehead atoms. The van der Waals surface area contributed by atoms with Crippen LogP contribution in [0.5, 0.6) is 0 Å². The third-order valence-corrected chi connectivity index (χ3v) is 12.8. The van der Waals surface area contributed by atoms with Crippen LogP contribution in [0.1, 0.15) is 51.3 Å². The summed E-state index contributed by atoms with van der Waals surface area (Å²) in [4.78, 5) is 2.51. The Bertz CT molecular complexity index is 2900. The van der Waals surface area contributed by atoms with Crippen LogP contribution in [0, 0.1) is 0 Å². The summed E-state index contributed by atoms with van der Waals surface area (Å²) in [6.07, 6.45) is 0. The van der Waals surface area contributed by atoms with Crippen LogP contribution in [0.25, 0.3) is 64.0 Å². The van der Waals surface area contributed by atoms with Gasteiger partial charge >= 0.3 is 0 Å². The van der Waals surface area contributed by atoms with E-state index in [-0.39, 0.29) is 10.8 Å². The van der Waals surface area contributed by atoms with Crippen molar-refractivity contribution < 1.29 is 0 Å². The predicted octanol–water partition coefficient (Wildman–Crippen LogP) is 15.1. The van der Waals surface area contributed by atoms with Crippen molar-refractivity contribution in [2.75, 3.05) is 4.90 Å². The largest absolute Gasteiger partial charge is 0.310 e. The maximum atomic E-state index is 2.51. The van der Waals surface area contributed by atoms with E-state index in [4.69, 9.17) is 0 Å². The lowest BCUT2D eigenvalue weighted by molar-refractivity contribution is 0.590. The summed E-state index contributed by atoms with van der Waals surface area (Å²) in [6.45, 7) is 11.6. The summed E-state index contributed by atoms with van der Waals surface area (Å²) >= 11 is 1.88. The van der Waals surface area contributed by atoms with Crippen molar-refractivity contribution in [1.29, 1.82) is 0 Å². The van der Waals surface area contributed by atoms with E-state index in [1.165, 1.54) is 86.3 Å². The van der Waals surface area contributed by atoms with Gasteiger partial charge in [-0.2, -0.15) is 0 Å². The van der Waals surface area contributed by atoms with Crippen LogP contribution in [0.3, 0.4) is 0 Å². The van der Waals surface area contributed by atoms with E-state index in [1.54, 1.807) is 0 Å². The van der Waals surface area contributed by atoms with E-state index in [2.05, 4.69) is 197 Å². The molecule has 0 aliphatic heterocycles. The van der Waals surface area contributed by atoms with Crippen LogP contribution in [0.4, 0.5) is 17.1 Å². The topological polar surface area (TPSA) is 3.24 Å². The Hall–Kier alpha value is -5.70. The zero-order chi connectivity index (χ0) is 36.1. The van der Waals surface area contributed by atoms with Crippen LogP contribution >= 0.6 is 11.3 Å². The molecule has 1 heterocycles. The number of benzene rings is 8. The molecule has 1 nitrogen and oxygen atoms in total. The second-order valence-corrected chi connectivity index (χ2v) is 17.2. The molecule has 0 saturated heterocycles. The lowest BCUT2D eigenvalue weighted by Gasteiger charge is -2.30. The summed E-state index contributed by atoms with van der Waals surface area (Å²) in [5.74, 6) is 0. The molecule has 2 heteroatoms. The van der Waals surface area contributed by atoms with Crippen LogP contribution < -0.4 is 4.90 Å². The molecule has 0 unspecified atom stereocenters. The Morgan fingerprint density at radius 1 is 0.491 bits per heavy atom. The minimum Gasteiger partial charge on any atom is -0.310 e. The van der Waals surface area contributed by atoms with E-state index in [0.717, 1.165) is 11.4 Å². The molecule has 0 spiro atoms. The molecular formula is C51H41NS. The second-order valence-electron chi connectivity index (χ2n) is 16.2. The Morgan fingerprint density at radius 2 is 1.09 bits per heavy atom. The molecule has 0 amide bonds. The SMILES string of the molecule is CC(C)(C)c1ccc(N(c2ccc3c(c2)-c2c(ccc4ccccc24)C3(C)C)c2ccc3ccccc3c2-c2cccc3sc4ccccc4c23)cc1. The lowest BCUT2D eigenvalue weighted by atomic mass is 9.82. The molecule has 9 aromatic rings. The van der Waals surface area contributed by atoms with Gasteiger partial charge in [0.2, 0.25) is 0 Å². The first-order valence-corrected chi connectivity index (χ1v) is 19.5. The van der Waals surface area contributed by atoms with Gasteiger partial charge in [0.1, 0.15) is 0 Å². The number of hydrogen-bond donors (Lipinski definition) is 0. The minimum absolute atomic E-state index is 0.0526. The maximum absolute atomic E-state index is 2.51. The molecule has 1 aliphatic carbocycles. The van der Waals surface area contributed by atoms with E-state index in [0.29, 0.717) is 0 Å². The molecule has 8 aromatic carbocycles. The second kappa shape index (κ2) is 11.7. The summed E-state index contributed by atoms with van der Waals surface area (Å²) in [6, 6.07) is 59.2. The predicted molar refractivity (Wildman–Crippen MR) is 231 cm³/mol. The Labute approximate surface area is 315 Å². The normalized spacial score (nSPS) is 13.5. The molecule has 0 radical (unpaired) electrons. The number of thiophene rings is 1. The quantitative estimate of drug-likeness (QED) is 0.177. The van der Waals surface area contributed by atoms with Gasteiger partial charge in [0, 0.05) is 42.5 Å². The van der Waals surface area contributed by atoms with E-state index in [9.17, 15) is 0 Å². The van der Waals surface area contributed by atoms with Crippen molar-refractivity contribution in [2.24, 2.45) is 0 Å². The van der Waals surface area contributed by atoms with Gasteiger partial charge in [0.05, 0.1) is 5.69 Å². The molecule has 0 fully saturated rings. The third-order valence-electron chi connectivity index (χ3n) is 11.6. The van der Waals surface area contributed by atoms with Crippen LogP contribution in [0.2, 0.25) is 0 Å². The number of rotatable bonds is 4. The van der Waals surface area contributed by atoms with E-state index >= 15 is 0 Å². The molecule has 1 aromatic heterocycles. The van der Waals surface area contributed by atoms with Gasteiger partial charge in [-0.25, -0.2) is 0 Å². The first-order valence-electron chi connectivity index (χ1n) is 18.7. The Balaban J connectivity index is 1.29. The van der Waals surface area contributed by atoms with Crippen molar-refractivity contribution in [3.05, 3.63) is 174 Å². The maximum Gasteiger partial charge on any atom is 0.0546 e. The van der Waals surface area contributed by atoms with Crippen molar-refractivity contribution in [3.63, 3.8) is 0 Å². The monoisotopic (exact) mass is 699 g/mol. The first-order chi connectivity index (χ1) is 25.7. The van der Waals surface area contributed by atoms with Crippen LogP contribution in [-0.4, -0.2) is 0 Å². The molecule has 256 valence electrons. The van der Waals surface area contributed by atoms with Gasteiger partial charge in [-0.15, -0.1) is 11.3 Å². The zero-order valence-electron chi connectivity index (χ0n) is 30.9. The zero-order valence-corrected chi connectivity index (χ0v) is 31.7. The highest BCUT2D eigenvalue weighted by atomic mass is 32.1. The third kappa shape index (κ3) is 4.89. The summed E-state index contributed by atoms with van der Waals surface area (Å²) in [7, 11) is 0. The van der Waals surface area contributed by atoms with Gasteiger partial charge in [-0.05, 0) is 103 Å². The highest BCUT2D eigenvalue weighted by Gasteiger charge is 2.37. The standard InChI is InChI=1S/C51H41NS/c1-50(2,3)34-23-25-35(26-24-34)52(36-27-29-42-41(31-36)47-37-15-8-6-13-32(37)21-28-43(47)51(42,4)5)44-30-22-33-14-7-9-16-38(33)48(44)40-18-12-20-46-49(40)39-17-10-11-19-45(39)53-46/h6-31H,1-5H3. The Morgan fingerprint density at radius 3 is 1.83 bits per heavy atom. The lowest BCUT2D eigenvalue weighted by Crippen LogP contribution is -2.16. The van der Waals surface area contributed by atoms with Gasteiger partial charge < -0.3 is 4.90 Å². The average molecular weight is 700 g/mol. The van der Waals surface area contributed by atoms with E-state index in [1.807, 2.05) is 11.3 Å². The summed E-state index contributed by atoms with van der Waals surface area (Å²) in [5, 5.41) is 7.72. The van der Waals surface area contributed by atoms with Crippen LogP contribution in [-0.2, 0) is 10.8 Å². The van der Waals surface area contributed by atoms with Crippen molar-refractivity contribution in [2.45, 2.75) is 45.4 Å². The van der Waals surface area contributed by atoms with E-state index < -0.39 is 0 Å². The number of fused-ring (bicyclic) bond motifs is 9. The molecule has 10 rings (SSSR count). The molecule has 0 atom stereocenters. The van der Waals surface area contributed by atoms with Crippen molar-refractivity contribution >= 4 is 70.1 Å². The first kappa shape index (κ1) is 32.0. The van der Waals surface area contributed by atoms with Crippen LogP contribution in [0.15, 0.2) is 158 Å². The molecule has 53 heavy (non-hydrogen) atoms. The fourth-order valence-corrected chi connectivity index (χ4v) is 10.0. The smallest absolute Gasteiger partial charge is 0.0546 e. The van der Waals surface area contributed by atoms with Crippen molar-refractivity contribution in [1.82, 2.24) is 0 Å². The summed E-state index contributed by atoms with van der Waals surface area (Å²) in [5.41, 5.74) is 12.7. The van der Waals surface area contributed by atoms with Gasteiger partial charge in [-0.3, -0.25) is 0 Å². The van der Waals surface area contributed by atoms with Gasteiger partial charge in [-0.1, -0.05) is 150 Å². The highest BCUT2D eigenvalue weighted by Crippen LogP contribution is 2.54. The fraction of sp³-hybridized carbons (Fsp3) is 0.137. The van der Waals surface area contributed by atoms with Gasteiger partial charge in [0.25, 0.3) is 0 Å². The van der Waals surface area contributed by atoms with Crippen molar-refractivity contribution in [3.8, 4) is 22.3 Å². The number of nitrogens with zero attached hydrogens (tertiary/aromatic N) is 1. The summed E-state index contributed by atoms with van der Waals surface area (Å²) < 4.78 is 2.63. The molecule has 1 aliphatic rings. The van der Waals surface area contributed by atoms with Gasteiger partial charge in [0.15, 0.2) is 0 Å². The Kier molecular flexibility index (Phi) is 7.03. The average Bonchev–Trinajstić information content (AvgIpc) is 3.67. The fourth-order valence-electron chi connectivity index (χ4n) is 8.90. The molecule has 0 N–H and O–H groups in total. The molecular weight excluding hydrogens is 659 g/mol.